The molecule has 1 aromatic carbocycles. The van der Waals surface area contributed by atoms with Gasteiger partial charge in [-0.25, -0.2) is 0 Å². The molecular formula is C27H42N2O3. The molecule has 4 rings (SSSR count). The maximum atomic E-state index is 12.9. The van der Waals surface area contributed by atoms with Crippen LogP contribution in [-0.2, 0) is 20.9 Å². The summed E-state index contributed by atoms with van der Waals surface area (Å²) in [5, 5.41) is 0. The van der Waals surface area contributed by atoms with Crippen molar-refractivity contribution in [2.45, 2.75) is 70.5 Å². The van der Waals surface area contributed by atoms with Gasteiger partial charge in [-0.2, -0.15) is 0 Å². The van der Waals surface area contributed by atoms with Crippen LogP contribution in [0.25, 0.3) is 0 Å². The first-order chi connectivity index (χ1) is 15.7. The van der Waals surface area contributed by atoms with Crippen LogP contribution in [-0.4, -0.2) is 67.2 Å². The number of benzene rings is 1. The van der Waals surface area contributed by atoms with Gasteiger partial charge >= 0.3 is 0 Å². The van der Waals surface area contributed by atoms with E-state index in [0.717, 1.165) is 84.5 Å². The summed E-state index contributed by atoms with van der Waals surface area (Å²) in [6, 6.07) is 10.4. The van der Waals surface area contributed by atoms with Gasteiger partial charge in [0.2, 0.25) is 5.91 Å². The second-order valence-electron chi connectivity index (χ2n) is 10.2. The van der Waals surface area contributed by atoms with Crippen molar-refractivity contribution in [1.82, 2.24) is 9.80 Å². The van der Waals surface area contributed by atoms with Gasteiger partial charge in [0.05, 0.1) is 12.2 Å². The van der Waals surface area contributed by atoms with Crippen molar-refractivity contribution in [3.63, 3.8) is 0 Å². The molecule has 3 aliphatic rings. The number of nitrogens with zero attached hydrogens (tertiary/aromatic N) is 2. The number of rotatable bonds is 8. The molecule has 0 bridgehead atoms. The first-order valence-corrected chi connectivity index (χ1v) is 12.9. The molecule has 1 spiro atoms. The van der Waals surface area contributed by atoms with Gasteiger partial charge in [0.15, 0.2) is 0 Å². The molecule has 3 heterocycles. The fourth-order valence-corrected chi connectivity index (χ4v) is 5.78. The van der Waals surface area contributed by atoms with E-state index in [1.165, 1.54) is 18.4 Å². The molecule has 0 aliphatic carbocycles. The first-order valence-electron chi connectivity index (χ1n) is 12.9. The van der Waals surface area contributed by atoms with E-state index in [9.17, 15) is 4.79 Å². The average molecular weight is 443 g/mol. The minimum Gasteiger partial charge on any atom is -0.377 e. The lowest BCUT2D eigenvalue weighted by atomic mass is 9.78. The number of hydrogen-bond acceptors (Lipinski definition) is 4. The van der Waals surface area contributed by atoms with Crippen LogP contribution in [0.4, 0.5) is 0 Å². The molecule has 3 saturated heterocycles. The minimum absolute atomic E-state index is 0.00834. The van der Waals surface area contributed by atoms with E-state index in [-0.39, 0.29) is 5.60 Å². The van der Waals surface area contributed by atoms with E-state index in [0.29, 0.717) is 24.3 Å². The highest BCUT2D eigenvalue weighted by Crippen LogP contribution is 2.39. The second-order valence-corrected chi connectivity index (χ2v) is 10.2. The summed E-state index contributed by atoms with van der Waals surface area (Å²) < 4.78 is 12.3. The highest BCUT2D eigenvalue weighted by molar-refractivity contribution is 5.76. The smallest absolute Gasteiger partial charge is 0.222 e. The third-order valence-electron chi connectivity index (χ3n) is 8.02. The normalized spacial score (nSPS) is 24.7. The topological polar surface area (TPSA) is 42.0 Å². The molecule has 0 aromatic heterocycles. The zero-order valence-corrected chi connectivity index (χ0v) is 20.0. The van der Waals surface area contributed by atoms with Gasteiger partial charge in [-0.05, 0) is 82.0 Å². The number of amides is 1. The minimum atomic E-state index is -0.00834. The van der Waals surface area contributed by atoms with Crippen LogP contribution in [0.3, 0.4) is 0 Å². The third kappa shape index (κ3) is 6.55. The molecule has 178 valence electrons. The van der Waals surface area contributed by atoms with Gasteiger partial charge in [-0.3, -0.25) is 4.79 Å². The maximum Gasteiger partial charge on any atom is 0.222 e. The van der Waals surface area contributed by atoms with Gasteiger partial charge in [-0.15, -0.1) is 0 Å². The molecule has 3 aliphatic heterocycles. The van der Waals surface area contributed by atoms with Crippen LogP contribution < -0.4 is 0 Å². The largest absolute Gasteiger partial charge is 0.377 e. The molecule has 1 aromatic rings. The molecule has 0 radical (unpaired) electrons. The summed E-state index contributed by atoms with van der Waals surface area (Å²) in [5.41, 5.74) is 1.23. The first kappa shape index (κ1) is 23.7. The van der Waals surface area contributed by atoms with Crippen molar-refractivity contribution in [2.75, 3.05) is 45.9 Å². The lowest BCUT2D eigenvalue weighted by Crippen LogP contribution is -2.51. The zero-order chi connectivity index (χ0) is 22.2. The molecule has 32 heavy (non-hydrogen) atoms. The van der Waals surface area contributed by atoms with Crippen molar-refractivity contribution < 1.29 is 14.3 Å². The summed E-state index contributed by atoms with van der Waals surface area (Å²) in [7, 11) is 0. The van der Waals surface area contributed by atoms with Gasteiger partial charge in [0.1, 0.15) is 0 Å². The Kier molecular flexibility index (Phi) is 8.62. The molecule has 3 fully saturated rings. The molecule has 1 unspecified atom stereocenters. The Morgan fingerprint density at radius 3 is 2.53 bits per heavy atom. The highest BCUT2D eigenvalue weighted by Gasteiger charge is 2.41. The van der Waals surface area contributed by atoms with Crippen LogP contribution in [0.5, 0.6) is 0 Å². The van der Waals surface area contributed by atoms with Crippen molar-refractivity contribution in [3.05, 3.63) is 35.9 Å². The quantitative estimate of drug-likeness (QED) is 0.556. The van der Waals surface area contributed by atoms with E-state index in [1.54, 1.807) is 0 Å². The molecule has 1 atom stereocenters. The molecular weight excluding hydrogens is 400 g/mol. The van der Waals surface area contributed by atoms with Crippen LogP contribution in [0.15, 0.2) is 30.3 Å². The number of carbonyl (C=O) groups is 1. The Balaban J connectivity index is 1.16. The number of piperidine rings is 2. The fourth-order valence-electron chi connectivity index (χ4n) is 5.78. The monoisotopic (exact) mass is 442 g/mol. The van der Waals surface area contributed by atoms with Crippen molar-refractivity contribution in [3.8, 4) is 0 Å². The highest BCUT2D eigenvalue weighted by atomic mass is 16.5. The van der Waals surface area contributed by atoms with Crippen LogP contribution >= 0.6 is 0 Å². The van der Waals surface area contributed by atoms with Crippen molar-refractivity contribution >= 4 is 5.91 Å². The van der Waals surface area contributed by atoms with E-state index in [1.807, 2.05) is 6.07 Å². The standard InChI is InChI=1S/C27H42N2O3/c1-2-28-14-8-23(9-15-28)20-26(30)29-16-12-27(13-17-29)21-24(11-19-32-27)10-18-31-22-25-6-4-3-5-7-25/h3-7,23-24H,2,8-22H2,1H3. The lowest BCUT2D eigenvalue weighted by Gasteiger charge is -2.46. The Morgan fingerprint density at radius 1 is 1.06 bits per heavy atom. The Morgan fingerprint density at radius 2 is 1.81 bits per heavy atom. The number of hydrogen-bond donors (Lipinski definition) is 0. The fraction of sp³-hybridized carbons (Fsp3) is 0.741. The summed E-state index contributed by atoms with van der Waals surface area (Å²) >= 11 is 0. The zero-order valence-electron chi connectivity index (χ0n) is 20.0. The summed E-state index contributed by atoms with van der Waals surface area (Å²) in [6.07, 6.45) is 8.45. The van der Waals surface area contributed by atoms with Gasteiger partial charge in [0.25, 0.3) is 0 Å². The SMILES string of the molecule is CCN1CCC(CC(=O)N2CCC3(CC2)CC(CCOCc2ccccc2)CCO3)CC1. The van der Waals surface area contributed by atoms with E-state index in [4.69, 9.17) is 9.47 Å². The Labute approximate surface area is 194 Å². The van der Waals surface area contributed by atoms with Crippen molar-refractivity contribution in [2.24, 2.45) is 11.8 Å². The van der Waals surface area contributed by atoms with Crippen LogP contribution in [0, 0.1) is 11.8 Å². The maximum absolute atomic E-state index is 12.9. The van der Waals surface area contributed by atoms with E-state index < -0.39 is 0 Å². The molecule has 0 N–H and O–H groups in total. The lowest BCUT2D eigenvalue weighted by molar-refractivity contribution is -0.149. The summed E-state index contributed by atoms with van der Waals surface area (Å²) in [4.78, 5) is 17.5. The Hall–Kier alpha value is -1.43. The third-order valence-corrected chi connectivity index (χ3v) is 8.02. The Bertz CT molecular complexity index is 694. The number of carbonyl (C=O) groups excluding carboxylic acids is 1. The van der Waals surface area contributed by atoms with Gasteiger partial charge < -0.3 is 19.3 Å². The van der Waals surface area contributed by atoms with Gasteiger partial charge in [0, 0.05) is 32.7 Å². The predicted octanol–water partition coefficient (Wildman–Crippen LogP) is 4.50. The molecule has 0 saturated carbocycles. The predicted molar refractivity (Wildman–Crippen MR) is 127 cm³/mol. The molecule has 5 nitrogen and oxygen atoms in total. The number of ether oxygens (including phenoxy) is 2. The number of likely N-dealkylation sites (tertiary alicyclic amines) is 2. The van der Waals surface area contributed by atoms with E-state index >= 15 is 0 Å². The summed E-state index contributed by atoms with van der Waals surface area (Å²) in [6.45, 7) is 9.77. The molecule has 5 heteroatoms. The molecule has 1 amide bonds. The van der Waals surface area contributed by atoms with Crippen LogP contribution in [0.1, 0.15) is 63.9 Å². The van der Waals surface area contributed by atoms with Crippen LogP contribution in [0.2, 0.25) is 0 Å². The van der Waals surface area contributed by atoms with E-state index in [2.05, 4.69) is 41.0 Å². The van der Waals surface area contributed by atoms with Crippen molar-refractivity contribution in [1.29, 1.82) is 0 Å². The second kappa shape index (κ2) is 11.6. The average Bonchev–Trinajstić information content (AvgIpc) is 2.83. The summed E-state index contributed by atoms with van der Waals surface area (Å²) in [5.74, 6) is 1.62. The van der Waals surface area contributed by atoms with Gasteiger partial charge in [-0.1, -0.05) is 37.3 Å².